The summed E-state index contributed by atoms with van der Waals surface area (Å²) in [4.78, 5) is 8.50. The highest BCUT2D eigenvalue weighted by Gasteiger charge is 2.34. The summed E-state index contributed by atoms with van der Waals surface area (Å²) in [5, 5.41) is 1.25. The fourth-order valence-electron chi connectivity index (χ4n) is 3.48. The Labute approximate surface area is 147 Å². The van der Waals surface area contributed by atoms with E-state index >= 15 is 0 Å². The molecule has 7 heteroatoms. The smallest absolute Gasteiger partial charge is 0.262 e. The molecule has 1 atom stereocenters. The zero-order chi connectivity index (χ0) is 17.4. The average molecular weight is 356 g/mol. The van der Waals surface area contributed by atoms with Gasteiger partial charge in [0.1, 0.15) is 0 Å². The van der Waals surface area contributed by atoms with E-state index in [1.54, 1.807) is 28.3 Å². The summed E-state index contributed by atoms with van der Waals surface area (Å²) >= 11 is 0. The van der Waals surface area contributed by atoms with Crippen LogP contribution in [0.15, 0.2) is 54.1 Å². The van der Waals surface area contributed by atoms with Crippen LogP contribution >= 0.6 is 0 Å². The largest absolute Gasteiger partial charge is 0.339 e. The standard InChI is InChI=1S/C18H20N4O2S/c1-21-12-17(20-13-21)25(23,24)22-9-7-14(11-22)10-16-5-2-4-15-6-3-8-19-18(15)16/h2-6,8,12-14H,7,9-11H2,1H3/t14-/m0/s1. The Balaban J connectivity index is 1.53. The van der Waals surface area contributed by atoms with Gasteiger partial charge in [0.05, 0.1) is 11.8 Å². The molecule has 130 valence electrons. The molecule has 1 aliphatic rings. The summed E-state index contributed by atoms with van der Waals surface area (Å²) < 4.78 is 28.6. The summed E-state index contributed by atoms with van der Waals surface area (Å²) in [6.45, 7) is 1.07. The Bertz CT molecular complexity index is 1010. The summed E-state index contributed by atoms with van der Waals surface area (Å²) in [5.41, 5.74) is 2.19. The minimum absolute atomic E-state index is 0.127. The number of nitrogens with zero attached hydrogens (tertiary/aromatic N) is 4. The highest BCUT2D eigenvalue weighted by Crippen LogP contribution is 2.28. The molecular weight excluding hydrogens is 336 g/mol. The lowest BCUT2D eigenvalue weighted by Gasteiger charge is -2.15. The highest BCUT2D eigenvalue weighted by molar-refractivity contribution is 7.89. The van der Waals surface area contributed by atoms with Crippen LogP contribution in [0.4, 0.5) is 0 Å². The Kier molecular flexibility index (Phi) is 4.05. The predicted molar refractivity (Wildman–Crippen MR) is 95.5 cm³/mol. The van der Waals surface area contributed by atoms with Crippen LogP contribution in [0.5, 0.6) is 0 Å². The van der Waals surface area contributed by atoms with Gasteiger partial charge in [0, 0.05) is 37.9 Å². The molecule has 1 saturated heterocycles. The molecule has 0 aliphatic carbocycles. The van der Waals surface area contributed by atoms with Gasteiger partial charge in [0.15, 0.2) is 5.03 Å². The van der Waals surface area contributed by atoms with Crippen molar-refractivity contribution in [3.8, 4) is 0 Å². The van der Waals surface area contributed by atoms with E-state index in [9.17, 15) is 8.42 Å². The van der Waals surface area contributed by atoms with Gasteiger partial charge in [-0.05, 0) is 30.4 Å². The molecule has 2 aromatic heterocycles. The van der Waals surface area contributed by atoms with E-state index in [2.05, 4.69) is 28.2 Å². The van der Waals surface area contributed by atoms with E-state index in [4.69, 9.17) is 0 Å². The second-order valence-corrected chi connectivity index (χ2v) is 8.48. The second kappa shape index (κ2) is 6.24. The van der Waals surface area contributed by atoms with Crippen molar-refractivity contribution in [2.75, 3.05) is 13.1 Å². The molecule has 6 nitrogen and oxygen atoms in total. The molecule has 3 aromatic rings. The molecule has 0 N–H and O–H groups in total. The maximum atomic E-state index is 12.7. The number of hydrogen-bond acceptors (Lipinski definition) is 4. The number of para-hydroxylation sites is 1. The Hall–Kier alpha value is -2.25. The lowest BCUT2D eigenvalue weighted by atomic mass is 9.97. The first-order valence-corrected chi connectivity index (χ1v) is 9.79. The summed E-state index contributed by atoms with van der Waals surface area (Å²) in [7, 11) is -1.73. The van der Waals surface area contributed by atoms with Crippen LogP contribution in [0.3, 0.4) is 0 Å². The fourth-order valence-corrected chi connectivity index (χ4v) is 4.98. The normalized spacial score (nSPS) is 18.8. The molecule has 0 unspecified atom stereocenters. The van der Waals surface area contributed by atoms with Crippen LogP contribution in [0.1, 0.15) is 12.0 Å². The number of fused-ring (bicyclic) bond motifs is 1. The van der Waals surface area contributed by atoms with E-state index < -0.39 is 10.0 Å². The van der Waals surface area contributed by atoms with Gasteiger partial charge in [-0.25, -0.2) is 13.4 Å². The van der Waals surface area contributed by atoms with Crippen LogP contribution in [0.2, 0.25) is 0 Å². The van der Waals surface area contributed by atoms with Gasteiger partial charge in [0.2, 0.25) is 0 Å². The predicted octanol–water partition coefficient (Wildman–Crippen LogP) is 2.22. The average Bonchev–Trinajstić information content (AvgIpc) is 3.25. The van der Waals surface area contributed by atoms with E-state index in [0.717, 1.165) is 23.7 Å². The van der Waals surface area contributed by atoms with Gasteiger partial charge >= 0.3 is 0 Å². The Morgan fingerprint density at radius 1 is 1.20 bits per heavy atom. The number of pyridine rings is 1. The Morgan fingerprint density at radius 2 is 2.04 bits per heavy atom. The highest BCUT2D eigenvalue weighted by atomic mass is 32.2. The molecule has 1 fully saturated rings. The van der Waals surface area contributed by atoms with Crippen LogP contribution in [-0.2, 0) is 23.5 Å². The van der Waals surface area contributed by atoms with E-state index in [0.29, 0.717) is 19.0 Å². The van der Waals surface area contributed by atoms with Crippen LogP contribution in [-0.4, -0.2) is 40.3 Å². The van der Waals surface area contributed by atoms with E-state index in [-0.39, 0.29) is 5.03 Å². The van der Waals surface area contributed by atoms with Crippen molar-refractivity contribution in [2.45, 2.75) is 17.9 Å². The summed E-state index contributed by atoms with van der Waals surface area (Å²) in [6, 6.07) is 10.2. The first-order chi connectivity index (χ1) is 12.0. The minimum Gasteiger partial charge on any atom is -0.339 e. The third-order valence-electron chi connectivity index (χ3n) is 4.76. The van der Waals surface area contributed by atoms with Gasteiger partial charge < -0.3 is 4.57 Å². The SMILES string of the molecule is Cn1cnc(S(=O)(=O)N2CC[C@@H](Cc3cccc4cccnc34)C2)c1. The summed E-state index contributed by atoms with van der Waals surface area (Å²) in [5.74, 6) is 0.297. The lowest BCUT2D eigenvalue weighted by molar-refractivity contribution is 0.454. The van der Waals surface area contributed by atoms with Gasteiger partial charge in [-0.3, -0.25) is 4.98 Å². The number of sulfonamides is 1. The molecular formula is C18H20N4O2S. The Morgan fingerprint density at radius 3 is 2.84 bits per heavy atom. The molecule has 0 saturated carbocycles. The molecule has 25 heavy (non-hydrogen) atoms. The van der Waals surface area contributed by atoms with E-state index in [1.165, 1.54) is 11.9 Å². The first kappa shape index (κ1) is 16.2. The molecule has 0 radical (unpaired) electrons. The van der Waals surface area contributed by atoms with Gasteiger partial charge in [-0.15, -0.1) is 0 Å². The van der Waals surface area contributed by atoms with Gasteiger partial charge in [0.25, 0.3) is 10.0 Å². The minimum atomic E-state index is -3.50. The molecule has 1 aromatic carbocycles. The molecule has 0 amide bonds. The zero-order valence-electron chi connectivity index (χ0n) is 14.0. The number of imidazole rings is 1. The third kappa shape index (κ3) is 3.05. The van der Waals surface area contributed by atoms with Gasteiger partial charge in [-0.2, -0.15) is 4.31 Å². The van der Waals surface area contributed by atoms with Crippen LogP contribution in [0.25, 0.3) is 10.9 Å². The maximum Gasteiger partial charge on any atom is 0.262 e. The van der Waals surface area contributed by atoms with Gasteiger partial charge in [-0.1, -0.05) is 24.3 Å². The third-order valence-corrected chi connectivity index (χ3v) is 6.51. The molecule has 4 rings (SSSR count). The van der Waals surface area contributed by atoms with Crippen molar-refractivity contribution in [3.63, 3.8) is 0 Å². The molecule has 0 spiro atoms. The summed E-state index contributed by atoms with van der Waals surface area (Å²) in [6.07, 6.45) is 6.57. The fraction of sp³-hybridized carbons (Fsp3) is 0.333. The number of hydrogen-bond donors (Lipinski definition) is 0. The topological polar surface area (TPSA) is 68.1 Å². The molecule has 0 bridgehead atoms. The zero-order valence-corrected chi connectivity index (χ0v) is 14.9. The number of benzene rings is 1. The number of aromatic nitrogens is 3. The first-order valence-electron chi connectivity index (χ1n) is 8.35. The van der Waals surface area contributed by atoms with Crippen LogP contribution < -0.4 is 0 Å². The van der Waals surface area contributed by atoms with Crippen molar-refractivity contribution >= 4 is 20.9 Å². The molecule has 1 aliphatic heterocycles. The van der Waals surface area contributed by atoms with Crippen LogP contribution in [0, 0.1) is 5.92 Å². The van der Waals surface area contributed by atoms with E-state index in [1.807, 2.05) is 12.1 Å². The van der Waals surface area contributed by atoms with Crippen molar-refractivity contribution in [1.29, 1.82) is 0 Å². The quantitative estimate of drug-likeness (QED) is 0.719. The van der Waals surface area contributed by atoms with Crippen molar-refractivity contribution < 1.29 is 8.42 Å². The van der Waals surface area contributed by atoms with Crippen molar-refractivity contribution in [2.24, 2.45) is 13.0 Å². The molecule has 3 heterocycles. The number of rotatable bonds is 4. The second-order valence-electron chi connectivity index (χ2n) is 6.59. The lowest BCUT2D eigenvalue weighted by Crippen LogP contribution is -2.29. The monoisotopic (exact) mass is 356 g/mol. The maximum absolute atomic E-state index is 12.7. The van der Waals surface area contributed by atoms with Crippen molar-refractivity contribution in [3.05, 3.63) is 54.6 Å². The number of aryl methyl sites for hydroxylation is 1. The van der Waals surface area contributed by atoms with Crippen molar-refractivity contribution in [1.82, 2.24) is 18.8 Å².